The molecule has 2 amide bonds. The topological polar surface area (TPSA) is 58.2 Å². The summed E-state index contributed by atoms with van der Waals surface area (Å²) in [6.07, 6.45) is -0.300. The maximum Gasteiger partial charge on any atom is 0.229 e. The predicted molar refractivity (Wildman–Crippen MR) is 88.7 cm³/mol. The van der Waals surface area contributed by atoms with E-state index in [0.717, 1.165) is 6.07 Å². The lowest BCUT2D eigenvalue weighted by Gasteiger charge is -2.11. The molecule has 0 bridgehead atoms. The molecule has 0 saturated carbocycles. The number of halogens is 3. The van der Waals surface area contributed by atoms with E-state index in [-0.39, 0.29) is 5.91 Å². The van der Waals surface area contributed by atoms with Gasteiger partial charge in [0.05, 0.1) is 6.42 Å². The molecular weight excluding hydrogens is 333 g/mol. The third-order valence-corrected chi connectivity index (χ3v) is 3.58. The molecule has 0 aromatic heterocycles. The van der Waals surface area contributed by atoms with Gasteiger partial charge in [0.1, 0.15) is 5.82 Å². The molecule has 2 N–H and O–H groups in total. The summed E-state index contributed by atoms with van der Waals surface area (Å²) in [4.78, 5) is 23.4. The van der Waals surface area contributed by atoms with Gasteiger partial charge in [-0.05, 0) is 42.8 Å². The van der Waals surface area contributed by atoms with Crippen LogP contribution in [0.25, 0.3) is 0 Å². The molecule has 7 heteroatoms. The number of hydrogen-bond acceptors (Lipinski definition) is 2. The van der Waals surface area contributed by atoms with Gasteiger partial charge in [0.25, 0.3) is 0 Å². The second kappa shape index (κ2) is 7.83. The second-order valence-corrected chi connectivity index (χ2v) is 5.48. The number of amides is 2. The van der Waals surface area contributed by atoms with E-state index < -0.39 is 35.3 Å². The van der Waals surface area contributed by atoms with Gasteiger partial charge < -0.3 is 10.6 Å². The minimum Gasteiger partial charge on any atom is -0.326 e. The van der Waals surface area contributed by atoms with E-state index in [0.29, 0.717) is 29.4 Å². The normalized spacial score (nSPS) is 10.4. The van der Waals surface area contributed by atoms with E-state index in [9.17, 15) is 22.8 Å². The second-order valence-electron chi connectivity index (χ2n) is 5.48. The number of nitrogens with one attached hydrogen (secondary N) is 2. The van der Waals surface area contributed by atoms with Gasteiger partial charge >= 0.3 is 0 Å². The summed E-state index contributed by atoms with van der Waals surface area (Å²) in [5.74, 6) is -4.39. The highest BCUT2D eigenvalue weighted by Crippen LogP contribution is 2.21. The van der Waals surface area contributed by atoms with Gasteiger partial charge in [0.15, 0.2) is 11.6 Å². The average Bonchev–Trinajstić information content (AvgIpc) is 2.57. The molecule has 0 atom stereocenters. The zero-order valence-electron chi connectivity index (χ0n) is 13.8. The number of carbonyl (C=O) groups excluding carboxylic acids is 2. The molecule has 0 heterocycles. The number of benzene rings is 2. The van der Waals surface area contributed by atoms with Crippen LogP contribution in [0, 0.1) is 24.4 Å². The van der Waals surface area contributed by atoms with Gasteiger partial charge in [-0.25, -0.2) is 13.2 Å². The average molecular weight is 350 g/mol. The molecule has 2 aromatic carbocycles. The third kappa shape index (κ3) is 4.59. The van der Waals surface area contributed by atoms with Gasteiger partial charge in [0, 0.05) is 23.4 Å². The van der Waals surface area contributed by atoms with Crippen molar-refractivity contribution in [1.29, 1.82) is 0 Å². The number of aryl methyl sites for hydroxylation is 1. The molecule has 2 rings (SSSR count). The molecule has 0 aliphatic rings. The first-order valence-corrected chi connectivity index (χ1v) is 7.64. The van der Waals surface area contributed by atoms with Crippen LogP contribution in [0.2, 0.25) is 0 Å². The molecule has 0 aliphatic heterocycles. The van der Waals surface area contributed by atoms with E-state index >= 15 is 0 Å². The van der Waals surface area contributed by atoms with Crippen LogP contribution < -0.4 is 10.6 Å². The Kier molecular flexibility index (Phi) is 5.80. The van der Waals surface area contributed by atoms with Crippen molar-refractivity contribution in [2.75, 3.05) is 10.6 Å². The fraction of sp³-hybridized carbons (Fsp3) is 0.222. The lowest BCUT2D eigenvalue weighted by Crippen LogP contribution is -2.17. The first-order chi connectivity index (χ1) is 11.8. The molecule has 0 saturated heterocycles. The van der Waals surface area contributed by atoms with E-state index in [1.807, 2.05) is 0 Å². The molecule has 132 valence electrons. The first-order valence-electron chi connectivity index (χ1n) is 7.64. The van der Waals surface area contributed by atoms with Crippen LogP contribution in [-0.4, -0.2) is 11.8 Å². The predicted octanol–water partition coefficient (Wildman–Crippen LogP) is 3.94. The highest BCUT2D eigenvalue weighted by atomic mass is 19.2. The smallest absolute Gasteiger partial charge is 0.229 e. The highest BCUT2D eigenvalue weighted by Gasteiger charge is 2.17. The summed E-state index contributed by atoms with van der Waals surface area (Å²) in [7, 11) is 0. The van der Waals surface area contributed by atoms with E-state index in [1.54, 1.807) is 32.0 Å². The molecule has 0 unspecified atom stereocenters. The van der Waals surface area contributed by atoms with Crippen LogP contribution in [0.3, 0.4) is 0 Å². The standard InChI is InChI=1S/C18H17F3N2O2/c1-3-16(24)22-11-4-7-15(10(2)8-11)23-17(25)9-12-13(19)5-6-14(20)18(12)21/h4-8H,3,9H2,1-2H3,(H,22,24)(H,23,25). The fourth-order valence-corrected chi connectivity index (χ4v) is 2.22. The van der Waals surface area contributed by atoms with Crippen LogP contribution in [0.5, 0.6) is 0 Å². The Morgan fingerprint density at radius 1 is 0.960 bits per heavy atom. The summed E-state index contributed by atoms with van der Waals surface area (Å²) >= 11 is 0. The van der Waals surface area contributed by atoms with Crippen molar-refractivity contribution < 1.29 is 22.8 Å². The number of rotatable bonds is 5. The minimum atomic E-state index is -1.37. The van der Waals surface area contributed by atoms with Gasteiger partial charge in [-0.15, -0.1) is 0 Å². The molecule has 0 aliphatic carbocycles. The number of carbonyl (C=O) groups is 2. The van der Waals surface area contributed by atoms with Gasteiger partial charge in [-0.2, -0.15) is 0 Å². The monoisotopic (exact) mass is 350 g/mol. The number of hydrogen-bond donors (Lipinski definition) is 2. The van der Waals surface area contributed by atoms with Crippen LogP contribution in [0.4, 0.5) is 24.5 Å². The first kappa shape index (κ1) is 18.5. The van der Waals surface area contributed by atoms with Gasteiger partial charge in [0.2, 0.25) is 11.8 Å². The lowest BCUT2D eigenvalue weighted by atomic mass is 10.1. The van der Waals surface area contributed by atoms with Crippen LogP contribution in [0.1, 0.15) is 24.5 Å². The molecule has 2 aromatic rings. The fourth-order valence-electron chi connectivity index (χ4n) is 2.22. The van der Waals surface area contributed by atoms with E-state index in [1.165, 1.54) is 0 Å². The Morgan fingerprint density at radius 3 is 2.28 bits per heavy atom. The van der Waals surface area contributed by atoms with Crippen molar-refractivity contribution in [3.63, 3.8) is 0 Å². The Labute approximate surface area is 143 Å². The Morgan fingerprint density at radius 2 is 1.64 bits per heavy atom. The Balaban J connectivity index is 2.11. The zero-order chi connectivity index (χ0) is 18.6. The maximum absolute atomic E-state index is 13.6. The minimum absolute atomic E-state index is 0.145. The van der Waals surface area contributed by atoms with Crippen LogP contribution in [-0.2, 0) is 16.0 Å². The molecule has 0 fully saturated rings. The number of anilines is 2. The lowest BCUT2D eigenvalue weighted by molar-refractivity contribution is -0.116. The molecule has 0 spiro atoms. The molecule has 0 radical (unpaired) electrons. The van der Waals surface area contributed by atoms with Crippen molar-refractivity contribution in [2.45, 2.75) is 26.7 Å². The van der Waals surface area contributed by atoms with Crippen molar-refractivity contribution in [2.24, 2.45) is 0 Å². The zero-order valence-corrected chi connectivity index (χ0v) is 13.8. The highest BCUT2D eigenvalue weighted by molar-refractivity contribution is 5.94. The van der Waals surface area contributed by atoms with Gasteiger partial charge in [-0.1, -0.05) is 6.92 Å². The van der Waals surface area contributed by atoms with E-state index in [4.69, 9.17) is 0 Å². The Bertz CT molecular complexity index is 822. The summed E-state index contributed by atoms with van der Waals surface area (Å²) in [5, 5.41) is 5.20. The molecule has 4 nitrogen and oxygen atoms in total. The maximum atomic E-state index is 13.6. The molecular formula is C18H17F3N2O2. The third-order valence-electron chi connectivity index (χ3n) is 3.58. The van der Waals surface area contributed by atoms with Crippen LogP contribution in [0.15, 0.2) is 30.3 Å². The summed E-state index contributed by atoms with van der Waals surface area (Å²) in [6.45, 7) is 3.43. The van der Waals surface area contributed by atoms with E-state index in [2.05, 4.69) is 10.6 Å². The van der Waals surface area contributed by atoms with Crippen molar-refractivity contribution in [3.05, 3.63) is 58.9 Å². The Hall–Kier alpha value is -2.83. The van der Waals surface area contributed by atoms with Crippen molar-refractivity contribution in [1.82, 2.24) is 0 Å². The largest absolute Gasteiger partial charge is 0.326 e. The SMILES string of the molecule is CCC(=O)Nc1ccc(NC(=O)Cc2c(F)ccc(F)c2F)c(C)c1. The van der Waals surface area contributed by atoms with Crippen LogP contribution >= 0.6 is 0 Å². The van der Waals surface area contributed by atoms with Gasteiger partial charge in [-0.3, -0.25) is 9.59 Å². The summed E-state index contributed by atoms with van der Waals surface area (Å²) < 4.78 is 40.4. The molecule has 25 heavy (non-hydrogen) atoms. The van der Waals surface area contributed by atoms with Crippen molar-refractivity contribution in [3.8, 4) is 0 Å². The summed E-state index contributed by atoms with van der Waals surface area (Å²) in [6, 6.07) is 6.26. The summed E-state index contributed by atoms with van der Waals surface area (Å²) in [5.41, 5.74) is 1.03. The van der Waals surface area contributed by atoms with Crippen molar-refractivity contribution >= 4 is 23.2 Å². The quantitative estimate of drug-likeness (QED) is 0.803.